The molecule has 0 saturated heterocycles. The van der Waals surface area contributed by atoms with Gasteiger partial charge in [-0.05, 0) is 13.8 Å². The first-order valence-electron chi connectivity index (χ1n) is 4.36. The Morgan fingerprint density at radius 1 is 1.67 bits per heavy atom. The number of aromatic nitrogens is 1. The molecule has 0 aliphatic rings. The van der Waals surface area contributed by atoms with Gasteiger partial charge in [0.05, 0.1) is 11.2 Å². The van der Waals surface area contributed by atoms with Crippen molar-refractivity contribution in [3.63, 3.8) is 0 Å². The summed E-state index contributed by atoms with van der Waals surface area (Å²) in [7, 11) is -1.79. The lowest BCUT2D eigenvalue weighted by Crippen LogP contribution is -2.35. The number of hydrogen-bond donors (Lipinski definition) is 0. The highest BCUT2D eigenvalue weighted by molar-refractivity contribution is 9.09. The van der Waals surface area contributed by atoms with E-state index < -0.39 is 10.0 Å². The van der Waals surface area contributed by atoms with Gasteiger partial charge in [-0.1, -0.05) is 15.9 Å². The third kappa shape index (κ3) is 2.77. The van der Waals surface area contributed by atoms with Crippen LogP contribution in [0.2, 0.25) is 0 Å². The Hall–Kier alpha value is 0.0200. The van der Waals surface area contributed by atoms with E-state index in [4.69, 9.17) is 0 Å². The van der Waals surface area contributed by atoms with Gasteiger partial charge in [0.2, 0.25) is 0 Å². The fourth-order valence-electron chi connectivity index (χ4n) is 0.937. The summed E-state index contributed by atoms with van der Waals surface area (Å²) in [5.41, 5.74) is 0. The summed E-state index contributed by atoms with van der Waals surface area (Å²) in [6.07, 6.45) is 1.41. The molecule has 7 heteroatoms. The monoisotopic (exact) mass is 312 g/mol. The van der Waals surface area contributed by atoms with Crippen LogP contribution in [-0.2, 0) is 10.0 Å². The standard InChI is InChI=1S/C8H13BrN2O2S2/c1-6(4-9)11(3)15(12,13)8-5-10-7(2)14-8/h5-6H,4H2,1-3H3. The Kier molecular flexibility index (Phi) is 4.28. The minimum absolute atomic E-state index is 0.0718. The molecule has 0 fully saturated rings. The van der Waals surface area contributed by atoms with Crippen molar-refractivity contribution in [2.75, 3.05) is 12.4 Å². The highest BCUT2D eigenvalue weighted by Gasteiger charge is 2.26. The van der Waals surface area contributed by atoms with E-state index in [2.05, 4.69) is 20.9 Å². The molecule has 1 aromatic rings. The average molecular weight is 313 g/mol. The van der Waals surface area contributed by atoms with Crippen LogP contribution in [0.25, 0.3) is 0 Å². The first kappa shape index (κ1) is 13.1. The van der Waals surface area contributed by atoms with Crippen LogP contribution in [0.15, 0.2) is 10.4 Å². The van der Waals surface area contributed by atoms with Gasteiger partial charge in [-0.2, -0.15) is 4.31 Å². The van der Waals surface area contributed by atoms with Gasteiger partial charge in [0.15, 0.2) is 4.21 Å². The van der Waals surface area contributed by atoms with E-state index >= 15 is 0 Å². The van der Waals surface area contributed by atoms with Gasteiger partial charge in [-0.25, -0.2) is 13.4 Å². The van der Waals surface area contributed by atoms with Crippen LogP contribution in [0, 0.1) is 6.92 Å². The minimum Gasteiger partial charge on any atom is -0.249 e. The molecule has 0 bridgehead atoms. The molecule has 15 heavy (non-hydrogen) atoms. The molecular formula is C8H13BrN2O2S2. The lowest BCUT2D eigenvalue weighted by Gasteiger charge is -2.21. The normalized spacial score (nSPS) is 14.5. The fourth-order valence-corrected chi connectivity index (χ4v) is 4.22. The molecule has 0 aliphatic carbocycles. The van der Waals surface area contributed by atoms with E-state index in [-0.39, 0.29) is 6.04 Å². The van der Waals surface area contributed by atoms with Crippen molar-refractivity contribution >= 4 is 37.3 Å². The van der Waals surface area contributed by atoms with Crippen LogP contribution in [-0.4, -0.2) is 36.1 Å². The maximum Gasteiger partial charge on any atom is 0.254 e. The molecule has 4 nitrogen and oxygen atoms in total. The lowest BCUT2D eigenvalue weighted by atomic mass is 10.4. The SMILES string of the molecule is Cc1ncc(S(=O)(=O)N(C)C(C)CBr)s1. The van der Waals surface area contributed by atoms with E-state index in [1.807, 2.05) is 6.92 Å². The molecule has 86 valence electrons. The second kappa shape index (κ2) is 4.90. The second-order valence-corrected chi connectivity index (χ2v) is 7.33. The quantitative estimate of drug-likeness (QED) is 0.797. The van der Waals surface area contributed by atoms with Crippen LogP contribution in [0.1, 0.15) is 11.9 Å². The summed E-state index contributed by atoms with van der Waals surface area (Å²) >= 11 is 4.46. The molecule has 0 radical (unpaired) electrons. The first-order valence-corrected chi connectivity index (χ1v) is 7.74. The largest absolute Gasteiger partial charge is 0.254 e. The van der Waals surface area contributed by atoms with Crippen molar-refractivity contribution in [2.45, 2.75) is 24.1 Å². The summed E-state index contributed by atoms with van der Waals surface area (Å²) in [6, 6.07) is -0.0718. The number of sulfonamides is 1. The molecule has 0 saturated carbocycles. The van der Waals surface area contributed by atoms with Gasteiger partial charge in [0, 0.05) is 18.4 Å². The van der Waals surface area contributed by atoms with Crippen LogP contribution in [0.4, 0.5) is 0 Å². The minimum atomic E-state index is -3.37. The maximum atomic E-state index is 12.0. The van der Waals surface area contributed by atoms with Crippen molar-refractivity contribution in [3.8, 4) is 0 Å². The van der Waals surface area contributed by atoms with E-state index in [1.54, 1.807) is 14.0 Å². The Morgan fingerprint density at radius 3 is 2.67 bits per heavy atom. The Labute approximate surface area is 103 Å². The zero-order valence-corrected chi connectivity index (χ0v) is 12.0. The summed E-state index contributed by atoms with van der Waals surface area (Å²) in [5.74, 6) is 0. The number of aryl methyl sites for hydroxylation is 1. The zero-order chi connectivity index (χ0) is 11.6. The van der Waals surface area contributed by atoms with Crippen molar-refractivity contribution < 1.29 is 8.42 Å². The van der Waals surface area contributed by atoms with Gasteiger partial charge >= 0.3 is 0 Å². The number of thiazole rings is 1. The number of rotatable bonds is 4. The van der Waals surface area contributed by atoms with Crippen molar-refractivity contribution in [2.24, 2.45) is 0 Å². The molecule has 0 spiro atoms. The summed E-state index contributed by atoms with van der Waals surface area (Å²) in [4.78, 5) is 3.95. The number of halogens is 1. The Bertz CT molecular complexity index is 430. The molecular weight excluding hydrogens is 300 g/mol. The summed E-state index contributed by atoms with van der Waals surface area (Å²) < 4.78 is 25.7. The van der Waals surface area contributed by atoms with Gasteiger partial charge in [0.25, 0.3) is 10.0 Å². The molecule has 0 aromatic carbocycles. The predicted octanol–water partition coefficient (Wildman–Crippen LogP) is 1.86. The van der Waals surface area contributed by atoms with Gasteiger partial charge < -0.3 is 0 Å². The molecule has 1 atom stereocenters. The van der Waals surface area contributed by atoms with Crippen LogP contribution < -0.4 is 0 Å². The Balaban J connectivity index is 3.03. The topological polar surface area (TPSA) is 50.3 Å². The summed E-state index contributed by atoms with van der Waals surface area (Å²) in [6.45, 7) is 3.64. The van der Waals surface area contributed by atoms with Gasteiger partial charge in [-0.15, -0.1) is 11.3 Å². The third-order valence-corrected chi connectivity index (χ3v) is 6.34. The lowest BCUT2D eigenvalue weighted by molar-refractivity contribution is 0.417. The van der Waals surface area contributed by atoms with Gasteiger partial charge in [0.1, 0.15) is 0 Å². The summed E-state index contributed by atoms with van der Waals surface area (Å²) in [5, 5.41) is 1.37. The predicted molar refractivity (Wildman–Crippen MR) is 65.1 cm³/mol. The third-order valence-electron chi connectivity index (χ3n) is 2.08. The Morgan fingerprint density at radius 2 is 2.27 bits per heavy atom. The molecule has 0 amide bonds. The van der Waals surface area contributed by atoms with E-state index in [0.717, 1.165) is 5.01 Å². The van der Waals surface area contributed by atoms with E-state index in [0.29, 0.717) is 9.54 Å². The zero-order valence-electron chi connectivity index (χ0n) is 8.77. The molecule has 0 N–H and O–H groups in total. The molecule has 1 aromatic heterocycles. The average Bonchev–Trinajstić information content (AvgIpc) is 2.63. The maximum absolute atomic E-state index is 12.0. The molecule has 1 unspecified atom stereocenters. The molecule has 1 heterocycles. The number of alkyl halides is 1. The second-order valence-electron chi connectivity index (χ2n) is 3.22. The van der Waals surface area contributed by atoms with E-state index in [9.17, 15) is 8.42 Å². The van der Waals surface area contributed by atoms with Gasteiger partial charge in [-0.3, -0.25) is 0 Å². The highest BCUT2D eigenvalue weighted by Crippen LogP contribution is 2.22. The molecule has 0 aliphatic heterocycles. The van der Waals surface area contributed by atoms with E-state index in [1.165, 1.54) is 21.8 Å². The smallest absolute Gasteiger partial charge is 0.249 e. The first-order chi connectivity index (χ1) is 6.89. The number of hydrogen-bond acceptors (Lipinski definition) is 4. The fraction of sp³-hybridized carbons (Fsp3) is 0.625. The highest BCUT2D eigenvalue weighted by atomic mass is 79.9. The number of nitrogens with zero attached hydrogens (tertiary/aromatic N) is 2. The van der Waals surface area contributed by atoms with Crippen molar-refractivity contribution in [1.29, 1.82) is 0 Å². The van der Waals surface area contributed by atoms with Crippen molar-refractivity contribution in [3.05, 3.63) is 11.2 Å². The van der Waals surface area contributed by atoms with Crippen LogP contribution in [0.3, 0.4) is 0 Å². The van der Waals surface area contributed by atoms with Crippen molar-refractivity contribution in [1.82, 2.24) is 9.29 Å². The van der Waals surface area contributed by atoms with Crippen LogP contribution in [0.5, 0.6) is 0 Å². The molecule has 1 rings (SSSR count). The van der Waals surface area contributed by atoms with Crippen LogP contribution >= 0.6 is 27.3 Å².